The average molecular weight is 840 g/mol. The van der Waals surface area contributed by atoms with Gasteiger partial charge in [0.05, 0.1) is 0 Å². The van der Waals surface area contributed by atoms with E-state index in [1.807, 2.05) is 47.6 Å². The Kier molecular flexibility index (Phi) is 11.4. The maximum absolute atomic E-state index is 12.2. The van der Waals surface area contributed by atoms with E-state index in [-0.39, 0.29) is 47.9 Å². The molecule has 255 valence electrons. The molecule has 0 spiro atoms. The number of hydrogen-bond donors (Lipinski definition) is 1. The van der Waals surface area contributed by atoms with Gasteiger partial charge in [-0.1, -0.05) is 91.5 Å². The van der Waals surface area contributed by atoms with Crippen molar-refractivity contribution in [2.24, 2.45) is 10.8 Å². The van der Waals surface area contributed by atoms with E-state index in [0.29, 0.717) is 5.71 Å². The van der Waals surface area contributed by atoms with Gasteiger partial charge in [-0.2, -0.15) is 0 Å². The van der Waals surface area contributed by atoms with E-state index in [4.69, 9.17) is 9.40 Å². The van der Waals surface area contributed by atoms with Crippen LogP contribution in [0.4, 0.5) is 0 Å². The number of carbonyl (C=O) groups excluding carboxylic acids is 1. The summed E-state index contributed by atoms with van der Waals surface area (Å²) in [5.41, 5.74) is 3.98. The third-order valence-corrected chi connectivity index (χ3v) is 11.2. The first kappa shape index (κ1) is 37.4. The summed E-state index contributed by atoms with van der Waals surface area (Å²) in [7, 11) is 0. The van der Waals surface area contributed by atoms with E-state index < -0.39 is 0 Å². The van der Waals surface area contributed by atoms with Gasteiger partial charge in [-0.05, 0) is 54.7 Å². The van der Waals surface area contributed by atoms with Gasteiger partial charge < -0.3 is 9.52 Å². The molecular formula is C41H47IrN2O3S-. The van der Waals surface area contributed by atoms with Gasteiger partial charge in [0.2, 0.25) is 5.71 Å². The second kappa shape index (κ2) is 14.6. The summed E-state index contributed by atoms with van der Waals surface area (Å²) < 4.78 is 7.35. The van der Waals surface area contributed by atoms with Crippen LogP contribution in [0.15, 0.2) is 76.5 Å². The fraction of sp³-hybridized carbons (Fsp3) is 0.390. The number of aliphatic hydroxyl groups excluding tert-OH is 1. The van der Waals surface area contributed by atoms with Crippen LogP contribution in [0, 0.1) is 16.9 Å². The van der Waals surface area contributed by atoms with Gasteiger partial charge in [-0.25, -0.2) is 4.98 Å². The molecule has 3 heterocycles. The Morgan fingerprint density at radius 1 is 0.875 bits per heavy atom. The standard InChI is InChI=1S/C26H19N2OS.C15H28O2.Ir/c1-26(2,3)19-13-16(12-15-6-4-5-7-17(15)19)24-23-22-18-10-11-30-21(18)9-8-20(22)29-25(23)28-14-27-24;1-7-14(5,8-2)12(16)11-13(17)15(6,9-3)10-4;/h4-11,13-14H,1-3H3;11,16H,7-10H2,1-6H3;/q-1;;/b;12-11-;. The van der Waals surface area contributed by atoms with Crippen molar-refractivity contribution in [1.29, 1.82) is 0 Å². The molecule has 0 saturated carbocycles. The summed E-state index contributed by atoms with van der Waals surface area (Å²) in [4.78, 5) is 21.3. The van der Waals surface area contributed by atoms with E-state index in [9.17, 15) is 9.90 Å². The van der Waals surface area contributed by atoms with Crippen LogP contribution in [0.25, 0.3) is 54.2 Å². The quantitative estimate of drug-likeness (QED) is 0.0938. The largest absolute Gasteiger partial charge is 0.512 e. The number of aliphatic hydroxyl groups is 1. The van der Waals surface area contributed by atoms with Crippen LogP contribution in [0.1, 0.15) is 93.6 Å². The van der Waals surface area contributed by atoms with Crippen LogP contribution in [-0.4, -0.2) is 20.9 Å². The molecule has 0 aliphatic carbocycles. The first-order valence-corrected chi connectivity index (χ1v) is 17.6. The average Bonchev–Trinajstić information content (AvgIpc) is 3.71. The van der Waals surface area contributed by atoms with Gasteiger partial charge in [0.25, 0.3) is 0 Å². The smallest absolute Gasteiger partial charge is 0.223 e. The first-order chi connectivity index (χ1) is 22.3. The molecule has 0 aliphatic rings. The SMILES string of the molecule is CC(C)(C)c1cc(-c2ncnc3oc4ccc5sccc5c4c23)[c-]c2ccccc12.CCC(C)(CC)C(=O)/C=C(\O)C(C)(CC)CC.[Ir]. The number of carbonyl (C=O) groups is 1. The monoisotopic (exact) mass is 840 g/mol. The molecule has 0 unspecified atom stereocenters. The molecule has 0 amide bonds. The van der Waals surface area contributed by atoms with E-state index in [2.05, 4.69) is 79.7 Å². The predicted octanol–water partition coefficient (Wildman–Crippen LogP) is 12.2. The van der Waals surface area contributed by atoms with Gasteiger partial charge in [0.15, 0.2) is 5.78 Å². The minimum Gasteiger partial charge on any atom is -0.512 e. The van der Waals surface area contributed by atoms with Crippen molar-refractivity contribution in [3.63, 3.8) is 0 Å². The molecule has 0 fully saturated rings. The number of nitrogens with zero attached hydrogens (tertiary/aromatic N) is 2. The van der Waals surface area contributed by atoms with Crippen LogP contribution >= 0.6 is 11.3 Å². The summed E-state index contributed by atoms with van der Waals surface area (Å²) in [6.45, 7) is 18.8. The minimum atomic E-state index is -0.337. The van der Waals surface area contributed by atoms with Crippen LogP contribution in [0.5, 0.6) is 0 Å². The van der Waals surface area contributed by atoms with Crippen molar-refractivity contribution in [1.82, 2.24) is 9.97 Å². The Balaban J connectivity index is 0.000000251. The summed E-state index contributed by atoms with van der Waals surface area (Å²) in [6.07, 6.45) is 6.34. The molecule has 0 saturated heterocycles. The van der Waals surface area contributed by atoms with Crippen LogP contribution < -0.4 is 0 Å². The minimum absolute atomic E-state index is 0. The van der Waals surface area contributed by atoms with Crippen LogP contribution in [0.3, 0.4) is 0 Å². The first-order valence-electron chi connectivity index (χ1n) is 16.7. The van der Waals surface area contributed by atoms with Gasteiger partial charge >= 0.3 is 0 Å². The zero-order valence-corrected chi connectivity index (χ0v) is 32.8. The summed E-state index contributed by atoms with van der Waals surface area (Å²) in [6, 6.07) is 20.6. The van der Waals surface area contributed by atoms with Crippen molar-refractivity contribution >= 4 is 60.0 Å². The van der Waals surface area contributed by atoms with Crippen LogP contribution in [0.2, 0.25) is 0 Å². The van der Waals surface area contributed by atoms with E-state index in [0.717, 1.165) is 58.7 Å². The summed E-state index contributed by atoms with van der Waals surface area (Å²) >= 11 is 1.73. The maximum Gasteiger partial charge on any atom is 0.223 e. The number of allylic oxidation sites excluding steroid dienone is 2. The van der Waals surface area contributed by atoms with E-state index >= 15 is 0 Å². The van der Waals surface area contributed by atoms with Crippen molar-refractivity contribution in [2.45, 2.75) is 93.4 Å². The van der Waals surface area contributed by atoms with Gasteiger partial charge in [0, 0.05) is 63.6 Å². The van der Waals surface area contributed by atoms with E-state index in [1.165, 1.54) is 27.1 Å². The normalized spacial score (nSPS) is 12.7. The number of thiophene rings is 1. The third kappa shape index (κ3) is 7.01. The number of benzene rings is 3. The summed E-state index contributed by atoms with van der Waals surface area (Å²) in [5.74, 6) is 0.286. The van der Waals surface area contributed by atoms with Crippen molar-refractivity contribution in [3.8, 4) is 11.3 Å². The molecule has 3 aromatic carbocycles. The zero-order chi connectivity index (χ0) is 34.1. The molecular weight excluding hydrogens is 793 g/mol. The number of aromatic nitrogens is 2. The molecule has 0 bridgehead atoms. The number of fused-ring (bicyclic) bond motifs is 6. The van der Waals surface area contributed by atoms with Gasteiger partial charge in [0.1, 0.15) is 17.7 Å². The Hall–Kier alpha value is -3.38. The molecule has 7 heteroatoms. The molecule has 6 aromatic rings. The molecule has 0 atom stereocenters. The molecule has 0 aliphatic heterocycles. The Morgan fingerprint density at radius 2 is 1.54 bits per heavy atom. The molecule has 3 aromatic heterocycles. The topological polar surface area (TPSA) is 76.2 Å². The number of rotatable bonds is 8. The van der Waals surface area contributed by atoms with Crippen molar-refractivity contribution < 1.29 is 34.4 Å². The third-order valence-electron chi connectivity index (χ3n) is 10.3. The van der Waals surface area contributed by atoms with Gasteiger partial charge in [-0.15, -0.1) is 40.5 Å². The molecule has 1 radical (unpaired) electrons. The predicted molar refractivity (Wildman–Crippen MR) is 198 cm³/mol. The second-order valence-corrected chi connectivity index (χ2v) is 15.0. The van der Waals surface area contributed by atoms with Crippen molar-refractivity contribution in [3.05, 3.63) is 83.7 Å². The molecule has 6 rings (SSSR count). The Morgan fingerprint density at radius 3 is 2.19 bits per heavy atom. The Labute approximate surface area is 302 Å². The van der Waals surface area contributed by atoms with Gasteiger partial charge in [-0.3, -0.25) is 9.78 Å². The van der Waals surface area contributed by atoms with Crippen LogP contribution in [-0.2, 0) is 30.3 Å². The van der Waals surface area contributed by atoms with Crippen molar-refractivity contribution in [2.75, 3.05) is 0 Å². The summed E-state index contributed by atoms with van der Waals surface area (Å²) in [5, 5.41) is 17.8. The van der Waals surface area contributed by atoms with E-state index in [1.54, 1.807) is 17.7 Å². The fourth-order valence-corrected chi connectivity index (χ4v) is 6.80. The number of furan rings is 1. The molecule has 1 N–H and O–H groups in total. The molecule has 48 heavy (non-hydrogen) atoms. The fourth-order valence-electron chi connectivity index (χ4n) is 6.01. The second-order valence-electron chi connectivity index (χ2n) is 14.1. The molecule has 5 nitrogen and oxygen atoms in total. The Bertz CT molecular complexity index is 2090. The number of hydrogen-bond acceptors (Lipinski definition) is 6. The zero-order valence-electron chi connectivity index (χ0n) is 29.6. The number of ketones is 1. The maximum atomic E-state index is 12.2.